The minimum atomic E-state index is -3.85. The van der Waals surface area contributed by atoms with Crippen LogP contribution in [0.3, 0.4) is 0 Å². The van der Waals surface area contributed by atoms with Crippen molar-refractivity contribution in [3.05, 3.63) is 53.7 Å². The molecule has 1 aromatic carbocycles. The monoisotopic (exact) mass is 307 g/mol. The molecule has 2 N–H and O–H groups in total. The second kappa shape index (κ2) is 6.84. The predicted octanol–water partition coefficient (Wildman–Crippen LogP) is 1.74. The first-order chi connectivity index (χ1) is 9.41. The molecule has 0 unspecified atom stereocenters. The molecule has 7 heteroatoms. The standard InChI is InChI=1S/C13H13N3O2S2/c1-3-15-13(19)16-9-12(8-14)20(17,18)11-6-4-10(2)5-7-11/h3-7,9H,1H2,2H3,(H2,15,16,19). The lowest BCUT2D eigenvalue weighted by Crippen LogP contribution is -2.28. The van der Waals surface area contributed by atoms with E-state index in [0.717, 1.165) is 11.8 Å². The van der Waals surface area contributed by atoms with Crippen molar-refractivity contribution < 1.29 is 8.42 Å². The molecule has 0 saturated carbocycles. The van der Waals surface area contributed by atoms with Gasteiger partial charge in [-0.05, 0) is 37.5 Å². The van der Waals surface area contributed by atoms with E-state index in [-0.39, 0.29) is 10.0 Å². The Morgan fingerprint density at radius 2 is 1.95 bits per heavy atom. The topological polar surface area (TPSA) is 82.0 Å². The molecule has 0 spiro atoms. The van der Waals surface area contributed by atoms with Crippen LogP contribution in [-0.4, -0.2) is 13.5 Å². The number of hydrogen-bond donors (Lipinski definition) is 2. The molecule has 0 aliphatic rings. The van der Waals surface area contributed by atoms with Gasteiger partial charge in [-0.15, -0.1) is 0 Å². The van der Waals surface area contributed by atoms with E-state index in [1.807, 2.05) is 6.92 Å². The minimum absolute atomic E-state index is 0.0558. The number of sulfone groups is 1. The summed E-state index contributed by atoms with van der Waals surface area (Å²) in [7, 11) is -3.85. The van der Waals surface area contributed by atoms with Crippen molar-refractivity contribution in [2.75, 3.05) is 0 Å². The Hall–Kier alpha value is -2.17. The molecule has 0 atom stereocenters. The number of allylic oxidation sites excluding steroid dienone is 1. The summed E-state index contributed by atoms with van der Waals surface area (Å²) < 4.78 is 24.5. The van der Waals surface area contributed by atoms with Gasteiger partial charge in [0.05, 0.1) is 4.90 Å². The molecular formula is C13H13N3O2S2. The van der Waals surface area contributed by atoms with Crippen LogP contribution in [0.2, 0.25) is 0 Å². The average Bonchev–Trinajstić information content (AvgIpc) is 2.40. The van der Waals surface area contributed by atoms with Crippen molar-refractivity contribution in [2.45, 2.75) is 11.8 Å². The number of hydrogen-bond acceptors (Lipinski definition) is 4. The lowest BCUT2D eigenvalue weighted by atomic mass is 10.2. The van der Waals surface area contributed by atoms with Gasteiger partial charge in [0.1, 0.15) is 6.07 Å². The quantitative estimate of drug-likeness (QED) is 0.651. The summed E-state index contributed by atoms with van der Waals surface area (Å²) in [5.41, 5.74) is 0.931. The summed E-state index contributed by atoms with van der Waals surface area (Å²) in [4.78, 5) is -0.366. The average molecular weight is 307 g/mol. The summed E-state index contributed by atoms with van der Waals surface area (Å²) in [5.74, 6) is 0. The van der Waals surface area contributed by atoms with Gasteiger partial charge in [0.2, 0.25) is 9.84 Å². The number of nitrogens with one attached hydrogen (secondary N) is 2. The van der Waals surface area contributed by atoms with E-state index >= 15 is 0 Å². The van der Waals surface area contributed by atoms with Gasteiger partial charge in [-0.3, -0.25) is 0 Å². The van der Waals surface area contributed by atoms with Crippen molar-refractivity contribution in [1.82, 2.24) is 10.6 Å². The van der Waals surface area contributed by atoms with E-state index in [4.69, 9.17) is 17.5 Å². The zero-order valence-corrected chi connectivity index (χ0v) is 12.4. The maximum absolute atomic E-state index is 12.2. The Morgan fingerprint density at radius 3 is 2.45 bits per heavy atom. The van der Waals surface area contributed by atoms with Crippen LogP contribution in [0.1, 0.15) is 5.56 Å². The van der Waals surface area contributed by atoms with Gasteiger partial charge in [0.25, 0.3) is 0 Å². The number of benzene rings is 1. The Labute approximate surface area is 123 Å². The highest BCUT2D eigenvalue weighted by Crippen LogP contribution is 2.18. The van der Waals surface area contributed by atoms with Crippen LogP contribution in [0.15, 0.2) is 53.0 Å². The van der Waals surface area contributed by atoms with Crippen molar-refractivity contribution >= 4 is 27.2 Å². The van der Waals surface area contributed by atoms with Gasteiger partial charge in [-0.25, -0.2) is 8.42 Å². The molecule has 0 bridgehead atoms. The van der Waals surface area contributed by atoms with E-state index in [0.29, 0.717) is 0 Å². The van der Waals surface area contributed by atoms with Crippen LogP contribution < -0.4 is 10.6 Å². The molecule has 0 amide bonds. The van der Waals surface area contributed by atoms with Gasteiger partial charge < -0.3 is 10.6 Å². The van der Waals surface area contributed by atoms with Gasteiger partial charge in [0.15, 0.2) is 10.0 Å². The molecule has 0 heterocycles. The number of rotatable bonds is 4. The van der Waals surface area contributed by atoms with E-state index in [9.17, 15) is 8.42 Å². The molecule has 1 aromatic rings. The van der Waals surface area contributed by atoms with Crippen LogP contribution in [-0.2, 0) is 9.84 Å². The van der Waals surface area contributed by atoms with E-state index in [1.165, 1.54) is 18.3 Å². The normalized spacial score (nSPS) is 11.3. The summed E-state index contributed by atoms with van der Waals surface area (Å²) in [6.45, 7) is 5.26. The molecule has 0 saturated heterocycles. The number of nitriles is 1. The highest BCUT2D eigenvalue weighted by molar-refractivity contribution is 7.95. The maximum Gasteiger partial charge on any atom is 0.218 e. The largest absolute Gasteiger partial charge is 0.340 e. The third-order valence-corrected chi connectivity index (χ3v) is 4.22. The first-order valence-electron chi connectivity index (χ1n) is 5.51. The van der Waals surface area contributed by atoms with Crippen LogP contribution in [0.25, 0.3) is 0 Å². The van der Waals surface area contributed by atoms with Gasteiger partial charge in [0, 0.05) is 6.20 Å². The lowest BCUT2D eigenvalue weighted by molar-refractivity contribution is 0.603. The van der Waals surface area contributed by atoms with Crippen molar-refractivity contribution in [1.29, 1.82) is 5.26 Å². The van der Waals surface area contributed by atoms with Gasteiger partial charge in [-0.2, -0.15) is 5.26 Å². The van der Waals surface area contributed by atoms with E-state index < -0.39 is 14.7 Å². The zero-order valence-electron chi connectivity index (χ0n) is 10.8. The highest BCUT2D eigenvalue weighted by atomic mass is 32.2. The van der Waals surface area contributed by atoms with Crippen molar-refractivity contribution in [3.8, 4) is 6.07 Å². The van der Waals surface area contributed by atoms with Gasteiger partial charge >= 0.3 is 0 Å². The zero-order chi connectivity index (χ0) is 15.2. The lowest BCUT2D eigenvalue weighted by Gasteiger charge is -2.05. The Morgan fingerprint density at radius 1 is 1.35 bits per heavy atom. The van der Waals surface area contributed by atoms with Crippen LogP contribution >= 0.6 is 12.2 Å². The van der Waals surface area contributed by atoms with E-state index in [2.05, 4.69) is 17.2 Å². The third kappa shape index (κ3) is 3.91. The van der Waals surface area contributed by atoms with Crippen LogP contribution in [0, 0.1) is 18.3 Å². The number of thiocarbonyl (C=S) groups is 1. The minimum Gasteiger partial charge on any atom is -0.340 e. The first kappa shape index (κ1) is 15.9. The fourth-order valence-corrected chi connectivity index (χ4v) is 2.50. The van der Waals surface area contributed by atoms with Crippen LogP contribution in [0.4, 0.5) is 0 Å². The number of nitrogens with zero attached hydrogens (tertiary/aromatic N) is 1. The van der Waals surface area contributed by atoms with E-state index in [1.54, 1.807) is 18.2 Å². The summed E-state index contributed by atoms with van der Waals surface area (Å²) in [5, 5.41) is 14.2. The second-order valence-electron chi connectivity index (χ2n) is 3.76. The summed E-state index contributed by atoms with van der Waals surface area (Å²) >= 11 is 4.83. The molecule has 0 aliphatic carbocycles. The van der Waals surface area contributed by atoms with Crippen molar-refractivity contribution in [2.24, 2.45) is 0 Å². The molecule has 0 aromatic heterocycles. The molecule has 104 valence electrons. The molecule has 0 fully saturated rings. The highest BCUT2D eigenvalue weighted by Gasteiger charge is 2.20. The van der Waals surface area contributed by atoms with Gasteiger partial charge in [-0.1, -0.05) is 24.3 Å². The number of aryl methyl sites for hydroxylation is 1. The Balaban J connectivity index is 3.08. The summed E-state index contributed by atoms with van der Waals surface area (Å²) in [6.07, 6.45) is 2.39. The Bertz CT molecular complexity index is 683. The predicted molar refractivity (Wildman–Crippen MR) is 81.1 cm³/mol. The second-order valence-corrected chi connectivity index (χ2v) is 6.09. The smallest absolute Gasteiger partial charge is 0.218 e. The molecule has 1 rings (SSSR count). The SMILES string of the molecule is C=CNC(=S)NC=C(C#N)S(=O)(=O)c1ccc(C)cc1. The Kier molecular flexibility index (Phi) is 5.43. The first-order valence-corrected chi connectivity index (χ1v) is 7.41. The molecule has 0 aliphatic heterocycles. The third-order valence-electron chi connectivity index (χ3n) is 2.30. The van der Waals surface area contributed by atoms with Crippen LogP contribution in [0.5, 0.6) is 0 Å². The molecule has 0 radical (unpaired) electrons. The summed E-state index contributed by atoms with van der Waals surface area (Å²) in [6, 6.07) is 7.89. The molecular weight excluding hydrogens is 294 g/mol. The molecule has 20 heavy (non-hydrogen) atoms. The van der Waals surface area contributed by atoms with Crippen molar-refractivity contribution in [3.63, 3.8) is 0 Å². The fourth-order valence-electron chi connectivity index (χ4n) is 1.28. The fraction of sp³-hybridized carbons (Fsp3) is 0.0769. The molecule has 5 nitrogen and oxygen atoms in total. The maximum atomic E-state index is 12.2.